The number of hydrogen-bond donors (Lipinski definition) is 0. The van der Waals surface area contributed by atoms with Gasteiger partial charge < -0.3 is 9.64 Å². The number of hydrogen-bond acceptors (Lipinski definition) is 4. The van der Waals surface area contributed by atoms with Crippen LogP contribution in [0.3, 0.4) is 0 Å². The number of ether oxygens (including phenoxy) is 1. The molecule has 5 nitrogen and oxygen atoms in total. The van der Waals surface area contributed by atoms with Gasteiger partial charge in [-0.2, -0.15) is 0 Å². The van der Waals surface area contributed by atoms with Gasteiger partial charge in [0.1, 0.15) is 17.3 Å². The lowest BCUT2D eigenvalue weighted by molar-refractivity contribution is -0.138. The van der Waals surface area contributed by atoms with Crippen LogP contribution in [-0.2, 0) is 22.7 Å². The van der Waals surface area contributed by atoms with E-state index in [1.165, 1.54) is 17.0 Å². The van der Waals surface area contributed by atoms with Crippen LogP contribution in [0.1, 0.15) is 23.6 Å². The summed E-state index contributed by atoms with van der Waals surface area (Å²) in [5.74, 6) is -0.419. The molecule has 3 aromatic carbocycles. The van der Waals surface area contributed by atoms with E-state index in [1.807, 2.05) is 42.2 Å². The van der Waals surface area contributed by atoms with Gasteiger partial charge in [-0.05, 0) is 47.9 Å². The van der Waals surface area contributed by atoms with Crippen LogP contribution >= 0.6 is 0 Å². The Balaban J connectivity index is 1.75. The number of methoxy groups -OCH3 is 1. The molecule has 0 radical (unpaired) electrons. The highest BCUT2D eigenvalue weighted by Gasteiger charge is 2.41. The highest BCUT2D eigenvalue weighted by molar-refractivity contribution is 6.35. The molecule has 0 N–H and O–H groups in total. The van der Waals surface area contributed by atoms with E-state index in [0.29, 0.717) is 41.2 Å². The summed E-state index contributed by atoms with van der Waals surface area (Å²) in [4.78, 5) is 30.3. The van der Waals surface area contributed by atoms with Crippen LogP contribution in [0.15, 0.2) is 84.6 Å². The minimum atomic E-state index is -0.365. The first-order valence-corrected chi connectivity index (χ1v) is 10.8. The second kappa shape index (κ2) is 9.69. The first kappa shape index (κ1) is 22.3. The number of halogens is 1. The van der Waals surface area contributed by atoms with Gasteiger partial charge in [0.15, 0.2) is 0 Å². The molecule has 33 heavy (non-hydrogen) atoms. The average molecular weight is 445 g/mol. The molecule has 0 saturated heterocycles. The van der Waals surface area contributed by atoms with Crippen molar-refractivity contribution in [2.75, 3.05) is 13.7 Å². The molecule has 168 valence electrons. The third-order valence-corrected chi connectivity index (χ3v) is 5.69. The number of benzene rings is 3. The molecule has 0 saturated carbocycles. The molecular formula is C27H25FN2O3. The summed E-state index contributed by atoms with van der Waals surface area (Å²) in [5, 5.41) is 0. The van der Waals surface area contributed by atoms with E-state index in [4.69, 9.17) is 4.74 Å². The Hall–Kier alpha value is -3.93. The van der Waals surface area contributed by atoms with Crippen LogP contribution in [0.25, 0.3) is 5.57 Å². The highest BCUT2D eigenvalue weighted by Crippen LogP contribution is 2.34. The zero-order valence-electron chi connectivity index (χ0n) is 18.6. The molecule has 0 fully saturated rings. The molecule has 0 spiro atoms. The predicted octanol–water partition coefficient (Wildman–Crippen LogP) is 4.64. The molecule has 0 bridgehead atoms. The number of carbonyl (C=O) groups is 2. The Kier molecular flexibility index (Phi) is 6.54. The third-order valence-electron chi connectivity index (χ3n) is 5.69. The molecule has 0 atom stereocenters. The Bertz CT molecular complexity index is 1170. The highest BCUT2D eigenvalue weighted by atomic mass is 19.1. The quantitative estimate of drug-likeness (QED) is 0.475. The van der Waals surface area contributed by atoms with Crippen molar-refractivity contribution in [3.05, 3.63) is 107 Å². The molecule has 1 aliphatic rings. The molecule has 6 heteroatoms. The maximum Gasteiger partial charge on any atom is 0.278 e. The lowest BCUT2D eigenvalue weighted by Crippen LogP contribution is -2.34. The van der Waals surface area contributed by atoms with Gasteiger partial charge in [0.05, 0.1) is 19.2 Å². The zero-order valence-corrected chi connectivity index (χ0v) is 18.6. The fourth-order valence-electron chi connectivity index (χ4n) is 3.94. The second-order valence-corrected chi connectivity index (χ2v) is 7.77. The lowest BCUT2D eigenvalue weighted by Gasteiger charge is -2.25. The first-order chi connectivity index (χ1) is 16.0. The van der Waals surface area contributed by atoms with Crippen LogP contribution < -0.4 is 4.74 Å². The fourth-order valence-corrected chi connectivity index (χ4v) is 3.94. The van der Waals surface area contributed by atoms with E-state index >= 15 is 0 Å². The molecule has 3 aromatic rings. The molecule has 0 unspecified atom stereocenters. The maximum atomic E-state index is 13.6. The van der Waals surface area contributed by atoms with Crippen molar-refractivity contribution in [2.24, 2.45) is 0 Å². The minimum absolute atomic E-state index is 0.0734. The minimum Gasteiger partial charge on any atom is -0.497 e. The first-order valence-electron chi connectivity index (χ1n) is 10.8. The molecule has 1 aliphatic heterocycles. The van der Waals surface area contributed by atoms with Gasteiger partial charge in [-0.15, -0.1) is 0 Å². The summed E-state index contributed by atoms with van der Waals surface area (Å²) in [6, 6.07) is 22.8. The largest absolute Gasteiger partial charge is 0.497 e. The number of carbonyl (C=O) groups excluding carboxylic acids is 2. The topological polar surface area (TPSA) is 49.9 Å². The molecule has 1 heterocycles. The van der Waals surface area contributed by atoms with Gasteiger partial charge in [0, 0.05) is 13.1 Å². The van der Waals surface area contributed by atoms with E-state index in [1.54, 1.807) is 43.5 Å². The van der Waals surface area contributed by atoms with Crippen LogP contribution in [0, 0.1) is 5.82 Å². The summed E-state index contributed by atoms with van der Waals surface area (Å²) in [7, 11) is 1.58. The van der Waals surface area contributed by atoms with Crippen LogP contribution in [0.4, 0.5) is 4.39 Å². The number of imide groups is 1. The molecule has 0 aromatic heterocycles. The summed E-state index contributed by atoms with van der Waals surface area (Å²) < 4.78 is 18.6. The summed E-state index contributed by atoms with van der Waals surface area (Å²) in [5.41, 5.74) is 3.11. The standard InChI is InChI=1S/C27H25FN2O3/c1-3-29(17-19-7-5-4-6-8-19)25-24(21-11-15-23(33-2)16-12-21)26(31)30(27(25)32)18-20-9-13-22(28)14-10-20/h4-16H,3,17-18H2,1-2H3. The van der Waals surface area contributed by atoms with E-state index in [0.717, 1.165) is 5.56 Å². The van der Waals surface area contributed by atoms with Gasteiger partial charge in [-0.25, -0.2) is 4.39 Å². The van der Waals surface area contributed by atoms with Crippen molar-refractivity contribution in [3.8, 4) is 5.75 Å². The smallest absolute Gasteiger partial charge is 0.278 e. The van der Waals surface area contributed by atoms with Crippen molar-refractivity contribution in [1.29, 1.82) is 0 Å². The van der Waals surface area contributed by atoms with Crippen LogP contribution in [-0.4, -0.2) is 35.3 Å². The lowest BCUT2D eigenvalue weighted by atomic mass is 10.0. The van der Waals surface area contributed by atoms with E-state index in [2.05, 4.69) is 0 Å². The summed E-state index contributed by atoms with van der Waals surface area (Å²) in [6.45, 7) is 3.08. The van der Waals surface area contributed by atoms with E-state index < -0.39 is 0 Å². The monoisotopic (exact) mass is 444 g/mol. The summed E-state index contributed by atoms with van der Waals surface area (Å²) in [6.07, 6.45) is 0. The Morgan fingerprint density at radius 1 is 0.848 bits per heavy atom. The number of likely N-dealkylation sites (N-methyl/N-ethyl adjacent to an activating group) is 1. The van der Waals surface area contributed by atoms with Gasteiger partial charge in [0.2, 0.25) is 0 Å². The van der Waals surface area contributed by atoms with E-state index in [-0.39, 0.29) is 24.2 Å². The Morgan fingerprint density at radius 3 is 2.12 bits per heavy atom. The van der Waals surface area contributed by atoms with Gasteiger partial charge in [0.25, 0.3) is 11.8 Å². The molecular weight excluding hydrogens is 419 g/mol. The van der Waals surface area contributed by atoms with Crippen molar-refractivity contribution < 1.29 is 18.7 Å². The number of amides is 2. The number of nitrogens with zero attached hydrogens (tertiary/aromatic N) is 2. The van der Waals surface area contributed by atoms with Gasteiger partial charge >= 0.3 is 0 Å². The van der Waals surface area contributed by atoms with Gasteiger partial charge in [-0.1, -0.05) is 54.6 Å². The SMILES string of the molecule is CCN(Cc1ccccc1)C1=C(c2ccc(OC)cc2)C(=O)N(Cc2ccc(F)cc2)C1=O. The molecule has 0 aliphatic carbocycles. The van der Waals surface area contributed by atoms with Crippen molar-refractivity contribution >= 4 is 17.4 Å². The van der Waals surface area contributed by atoms with Crippen molar-refractivity contribution in [1.82, 2.24) is 9.80 Å². The third kappa shape index (κ3) is 4.65. The average Bonchev–Trinajstić information content (AvgIpc) is 3.09. The predicted molar refractivity (Wildman–Crippen MR) is 124 cm³/mol. The van der Waals surface area contributed by atoms with Gasteiger partial charge in [-0.3, -0.25) is 14.5 Å². The second-order valence-electron chi connectivity index (χ2n) is 7.77. The zero-order chi connectivity index (χ0) is 23.4. The fraction of sp³-hybridized carbons (Fsp3) is 0.185. The number of rotatable bonds is 8. The van der Waals surface area contributed by atoms with Crippen molar-refractivity contribution in [2.45, 2.75) is 20.0 Å². The summed E-state index contributed by atoms with van der Waals surface area (Å²) >= 11 is 0. The molecule has 4 rings (SSSR count). The van der Waals surface area contributed by atoms with E-state index in [9.17, 15) is 14.0 Å². The van der Waals surface area contributed by atoms with Crippen molar-refractivity contribution in [3.63, 3.8) is 0 Å². The normalized spacial score (nSPS) is 13.6. The maximum absolute atomic E-state index is 13.6. The molecule has 2 amide bonds. The Labute approximate surface area is 192 Å². The Morgan fingerprint density at radius 2 is 1.52 bits per heavy atom. The van der Waals surface area contributed by atoms with Crippen LogP contribution in [0.5, 0.6) is 5.75 Å². The van der Waals surface area contributed by atoms with Crippen LogP contribution in [0.2, 0.25) is 0 Å².